The molecule has 1 aromatic heterocycles. The highest BCUT2D eigenvalue weighted by Crippen LogP contribution is 2.35. The second-order valence-corrected chi connectivity index (χ2v) is 5.13. The van der Waals surface area contributed by atoms with Crippen molar-refractivity contribution in [1.82, 2.24) is 15.1 Å². The fourth-order valence-corrected chi connectivity index (χ4v) is 2.32. The molecule has 16 heavy (non-hydrogen) atoms. The van der Waals surface area contributed by atoms with Crippen molar-refractivity contribution in [3.8, 4) is 0 Å². The Kier molecular flexibility index (Phi) is 3.09. The van der Waals surface area contributed by atoms with Gasteiger partial charge >= 0.3 is 0 Å². The van der Waals surface area contributed by atoms with E-state index < -0.39 is 0 Å². The molecule has 0 aliphatic heterocycles. The van der Waals surface area contributed by atoms with Gasteiger partial charge in [0.25, 0.3) is 5.91 Å². The summed E-state index contributed by atoms with van der Waals surface area (Å²) in [6.07, 6.45) is 2.47. The fraction of sp³-hybridized carbons (Fsp3) is 0.700. The zero-order chi connectivity index (χ0) is 11.7. The van der Waals surface area contributed by atoms with E-state index in [1.165, 1.54) is 24.2 Å². The van der Waals surface area contributed by atoms with Gasteiger partial charge in [-0.25, -0.2) is 0 Å². The summed E-state index contributed by atoms with van der Waals surface area (Å²) in [4.78, 5) is 13.8. The van der Waals surface area contributed by atoms with E-state index in [9.17, 15) is 4.79 Å². The molecule has 2 rings (SSSR count). The lowest BCUT2D eigenvalue weighted by Crippen LogP contribution is -2.36. The molecule has 1 saturated carbocycles. The van der Waals surface area contributed by atoms with Crippen molar-refractivity contribution in [2.24, 2.45) is 5.92 Å². The molecule has 1 aliphatic carbocycles. The van der Waals surface area contributed by atoms with Crippen LogP contribution in [0, 0.1) is 5.92 Å². The maximum Gasteiger partial charge on any atom is 0.284 e. The molecule has 0 spiro atoms. The third kappa shape index (κ3) is 2.16. The van der Waals surface area contributed by atoms with Crippen molar-refractivity contribution in [2.45, 2.75) is 25.8 Å². The van der Waals surface area contributed by atoms with Crippen LogP contribution >= 0.6 is 11.3 Å². The average Bonchev–Trinajstić information content (AvgIpc) is 3.04. The molecule has 88 valence electrons. The maximum absolute atomic E-state index is 12.1. The molecule has 5 nitrogen and oxygen atoms in total. The molecular formula is C10H16N4OS. The Bertz CT molecular complexity index is 388. The lowest BCUT2D eigenvalue weighted by Gasteiger charge is -2.23. The summed E-state index contributed by atoms with van der Waals surface area (Å²) in [7, 11) is 3.61. The number of carbonyl (C=O) groups is 1. The SMILES string of the molecule is CNc1nnc(C(=O)N(C)C(C)C2CC2)s1. The van der Waals surface area contributed by atoms with Crippen molar-refractivity contribution in [2.75, 3.05) is 19.4 Å². The van der Waals surface area contributed by atoms with Crippen LogP contribution in [0.3, 0.4) is 0 Å². The van der Waals surface area contributed by atoms with Crippen LogP contribution in [-0.4, -0.2) is 41.1 Å². The highest BCUT2D eigenvalue weighted by atomic mass is 32.1. The van der Waals surface area contributed by atoms with Gasteiger partial charge in [0.2, 0.25) is 10.1 Å². The highest BCUT2D eigenvalue weighted by Gasteiger charge is 2.33. The van der Waals surface area contributed by atoms with Gasteiger partial charge in [-0.15, -0.1) is 10.2 Å². The Labute approximate surface area is 98.9 Å². The molecule has 0 bridgehead atoms. The van der Waals surface area contributed by atoms with Crippen molar-refractivity contribution in [3.63, 3.8) is 0 Å². The van der Waals surface area contributed by atoms with Crippen LogP contribution in [-0.2, 0) is 0 Å². The number of nitrogens with zero attached hydrogens (tertiary/aromatic N) is 3. The van der Waals surface area contributed by atoms with Crippen LogP contribution in [0.4, 0.5) is 5.13 Å². The molecule has 1 aromatic rings. The Balaban J connectivity index is 2.05. The normalized spacial score (nSPS) is 16.9. The molecule has 1 N–H and O–H groups in total. The predicted molar refractivity (Wildman–Crippen MR) is 63.7 cm³/mol. The minimum atomic E-state index is -0.0293. The first-order chi connectivity index (χ1) is 7.63. The van der Waals surface area contributed by atoms with Crippen molar-refractivity contribution >= 4 is 22.4 Å². The Morgan fingerprint density at radius 1 is 1.56 bits per heavy atom. The summed E-state index contributed by atoms with van der Waals surface area (Å²) in [5.74, 6) is 0.643. The van der Waals surface area contributed by atoms with Gasteiger partial charge in [0.15, 0.2) is 0 Å². The minimum Gasteiger partial charge on any atom is -0.363 e. The summed E-state index contributed by atoms with van der Waals surface area (Å²) in [6, 6.07) is 0.300. The highest BCUT2D eigenvalue weighted by molar-refractivity contribution is 7.17. The second kappa shape index (κ2) is 4.37. The third-order valence-electron chi connectivity index (χ3n) is 3.06. The summed E-state index contributed by atoms with van der Waals surface area (Å²) in [5, 5.41) is 11.8. The third-order valence-corrected chi connectivity index (χ3v) is 3.99. The molecule has 0 aromatic carbocycles. The number of hydrogen-bond acceptors (Lipinski definition) is 5. The summed E-state index contributed by atoms with van der Waals surface area (Å²) in [6.45, 7) is 2.09. The predicted octanol–water partition coefficient (Wildman–Crippen LogP) is 1.45. The van der Waals surface area contributed by atoms with Gasteiger partial charge in [0, 0.05) is 20.1 Å². The van der Waals surface area contributed by atoms with E-state index in [4.69, 9.17) is 0 Å². The van der Waals surface area contributed by atoms with E-state index >= 15 is 0 Å². The number of rotatable bonds is 4. The lowest BCUT2D eigenvalue weighted by molar-refractivity contribution is 0.0726. The van der Waals surface area contributed by atoms with Gasteiger partial charge < -0.3 is 10.2 Å². The van der Waals surface area contributed by atoms with E-state index in [1.807, 2.05) is 7.05 Å². The molecular weight excluding hydrogens is 224 g/mol. The first-order valence-corrected chi connectivity index (χ1v) is 6.23. The van der Waals surface area contributed by atoms with Gasteiger partial charge in [-0.3, -0.25) is 4.79 Å². The Morgan fingerprint density at radius 3 is 2.75 bits per heavy atom. The minimum absolute atomic E-state index is 0.0293. The number of carbonyl (C=O) groups excluding carboxylic acids is 1. The zero-order valence-electron chi connectivity index (χ0n) is 9.73. The largest absolute Gasteiger partial charge is 0.363 e. The van der Waals surface area contributed by atoms with Crippen molar-refractivity contribution in [3.05, 3.63) is 5.01 Å². The van der Waals surface area contributed by atoms with Crippen molar-refractivity contribution < 1.29 is 4.79 Å². The number of hydrogen-bond donors (Lipinski definition) is 1. The number of aromatic nitrogens is 2. The molecule has 1 heterocycles. The number of nitrogens with one attached hydrogen (secondary N) is 1. The van der Waals surface area contributed by atoms with Crippen LogP contribution in [0.5, 0.6) is 0 Å². The van der Waals surface area contributed by atoms with Crippen LogP contribution in [0.15, 0.2) is 0 Å². The monoisotopic (exact) mass is 240 g/mol. The molecule has 1 amide bonds. The van der Waals surface area contributed by atoms with E-state index in [1.54, 1.807) is 11.9 Å². The molecule has 1 aliphatic rings. The smallest absolute Gasteiger partial charge is 0.284 e. The molecule has 0 saturated heterocycles. The molecule has 1 unspecified atom stereocenters. The summed E-state index contributed by atoms with van der Waals surface area (Å²) in [5.41, 5.74) is 0. The number of amides is 1. The van der Waals surface area contributed by atoms with E-state index in [0.717, 1.165) is 0 Å². The Hall–Kier alpha value is -1.17. The Morgan fingerprint density at radius 2 is 2.25 bits per heavy atom. The zero-order valence-corrected chi connectivity index (χ0v) is 10.5. The first kappa shape index (κ1) is 11.3. The maximum atomic E-state index is 12.1. The van der Waals surface area contributed by atoms with Gasteiger partial charge in [-0.05, 0) is 25.7 Å². The standard InChI is InChI=1S/C10H16N4OS/c1-6(7-4-5-7)14(3)9(15)8-12-13-10(11-2)16-8/h6-7H,4-5H2,1-3H3,(H,11,13). The van der Waals surface area contributed by atoms with E-state index in [2.05, 4.69) is 22.4 Å². The van der Waals surface area contributed by atoms with Crippen LogP contribution in [0.2, 0.25) is 0 Å². The molecule has 0 radical (unpaired) electrons. The number of anilines is 1. The van der Waals surface area contributed by atoms with Crippen molar-refractivity contribution in [1.29, 1.82) is 0 Å². The van der Waals surface area contributed by atoms with E-state index in [-0.39, 0.29) is 5.91 Å². The molecule has 1 atom stereocenters. The first-order valence-electron chi connectivity index (χ1n) is 5.42. The summed E-state index contributed by atoms with van der Waals surface area (Å²) >= 11 is 1.29. The van der Waals surface area contributed by atoms with Gasteiger partial charge in [0.1, 0.15) is 0 Å². The average molecular weight is 240 g/mol. The lowest BCUT2D eigenvalue weighted by atomic mass is 10.2. The van der Waals surface area contributed by atoms with Gasteiger partial charge in [0.05, 0.1) is 0 Å². The van der Waals surface area contributed by atoms with Crippen LogP contribution < -0.4 is 5.32 Å². The van der Waals surface area contributed by atoms with Gasteiger partial charge in [-0.1, -0.05) is 11.3 Å². The van der Waals surface area contributed by atoms with Gasteiger partial charge in [-0.2, -0.15) is 0 Å². The van der Waals surface area contributed by atoms with E-state index in [0.29, 0.717) is 22.1 Å². The van der Waals surface area contributed by atoms with Crippen LogP contribution in [0.1, 0.15) is 29.6 Å². The summed E-state index contributed by atoms with van der Waals surface area (Å²) < 4.78 is 0. The quantitative estimate of drug-likeness (QED) is 0.865. The second-order valence-electron chi connectivity index (χ2n) is 4.16. The van der Waals surface area contributed by atoms with Crippen LogP contribution in [0.25, 0.3) is 0 Å². The molecule has 1 fully saturated rings. The topological polar surface area (TPSA) is 58.1 Å². The molecule has 6 heteroatoms. The fourth-order valence-electron chi connectivity index (χ4n) is 1.64.